The van der Waals surface area contributed by atoms with Crippen LogP contribution in [0.25, 0.3) is 0 Å². The number of amides is 3. The summed E-state index contributed by atoms with van der Waals surface area (Å²) in [6, 6.07) is 4.50. The highest BCUT2D eigenvalue weighted by Crippen LogP contribution is 2.30. The van der Waals surface area contributed by atoms with E-state index in [0.717, 1.165) is 38.5 Å². The molecule has 3 rings (SSSR count). The molecule has 1 aromatic rings. The van der Waals surface area contributed by atoms with Crippen molar-refractivity contribution >= 4 is 23.5 Å². The maximum Gasteiger partial charge on any atom is 0.321 e. The van der Waals surface area contributed by atoms with Crippen molar-refractivity contribution in [3.8, 4) is 0 Å². The molecule has 0 aromatic heterocycles. The topological polar surface area (TPSA) is 61.4 Å². The molecule has 142 valence electrons. The molecule has 7 heteroatoms. The highest BCUT2D eigenvalue weighted by atomic mass is 35.5. The van der Waals surface area contributed by atoms with E-state index in [-0.39, 0.29) is 36.9 Å². The molecule has 0 saturated heterocycles. The van der Waals surface area contributed by atoms with Crippen LogP contribution in [0, 0.1) is 5.82 Å². The Labute approximate surface area is 158 Å². The average Bonchev–Trinajstić information content (AvgIpc) is 3.43. The monoisotopic (exact) mass is 381 g/mol. The molecule has 2 N–H and O–H groups in total. The number of carbonyl (C=O) groups is 2. The lowest BCUT2D eigenvalue weighted by molar-refractivity contribution is -0.121. The molecule has 0 radical (unpaired) electrons. The lowest BCUT2D eigenvalue weighted by Gasteiger charge is -2.24. The van der Waals surface area contributed by atoms with Crippen LogP contribution in [0.2, 0.25) is 5.02 Å². The fourth-order valence-corrected chi connectivity index (χ4v) is 3.68. The van der Waals surface area contributed by atoms with Crippen molar-refractivity contribution in [2.45, 2.75) is 63.6 Å². The fourth-order valence-electron chi connectivity index (χ4n) is 3.46. The van der Waals surface area contributed by atoms with E-state index in [1.807, 2.05) is 4.90 Å². The first-order valence-corrected chi connectivity index (χ1v) is 9.68. The number of nitrogens with zero attached hydrogens (tertiary/aromatic N) is 1. The van der Waals surface area contributed by atoms with Gasteiger partial charge in [-0.05, 0) is 37.8 Å². The van der Waals surface area contributed by atoms with Crippen LogP contribution in [-0.2, 0) is 11.3 Å². The van der Waals surface area contributed by atoms with E-state index >= 15 is 0 Å². The largest absolute Gasteiger partial charge is 0.335 e. The van der Waals surface area contributed by atoms with Crippen molar-refractivity contribution in [3.63, 3.8) is 0 Å². The van der Waals surface area contributed by atoms with Crippen LogP contribution < -0.4 is 10.6 Å². The zero-order valence-electron chi connectivity index (χ0n) is 14.8. The molecule has 26 heavy (non-hydrogen) atoms. The van der Waals surface area contributed by atoms with Crippen molar-refractivity contribution in [2.75, 3.05) is 6.54 Å². The van der Waals surface area contributed by atoms with Crippen molar-refractivity contribution in [2.24, 2.45) is 0 Å². The second-order valence-electron chi connectivity index (χ2n) is 7.19. The molecule has 0 bridgehead atoms. The summed E-state index contributed by atoms with van der Waals surface area (Å²) in [5.41, 5.74) is 0.389. The summed E-state index contributed by atoms with van der Waals surface area (Å²) in [4.78, 5) is 26.2. The minimum Gasteiger partial charge on any atom is -0.335 e. The molecular formula is C19H25ClFN3O2. The summed E-state index contributed by atoms with van der Waals surface area (Å²) in [7, 11) is 0. The Morgan fingerprint density at radius 1 is 1.15 bits per heavy atom. The van der Waals surface area contributed by atoms with Gasteiger partial charge >= 0.3 is 6.03 Å². The first-order valence-electron chi connectivity index (χ1n) is 9.30. The molecule has 1 aromatic carbocycles. The standard InChI is InChI=1S/C19H25ClFN3O2/c20-16-7-4-8-17(21)15(16)11-24(14-9-10-14)12-18(25)23-19(26)22-13-5-2-1-3-6-13/h4,7-8,13-14H,1-3,5-6,9-12H2,(H2,22,23,25,26). The van der Waals surface area contributed by atoms with Crippen LogP contribution in [0.5, 0.6) is 0 Å². The summed E-state index contributed by atoms with van der Waals surface area (Å²) < 4.78 is 14.0. The molecule has 2 fully saturated rings. The molecule has 0 atom stereocenters. The van der Waals surface area contributed by atoms with Gasteiger partial charge in [0.05, 0.1) is 6.54 Å². The van der Waals surface area contributed by atoms with Gasteiger partial charge in [-0.3, -0.25) is 15.0 Å². The number of hydrogen-bond donors (Lipinski definition) is 2. The van der Waals surface area contributed by atoms with E-state index in [9.17, 15) is 14.0 Å². The summed E-state index contributed by atoms with van der Waals surface area (Å²) in [6.45, 7) is 0.307. The number of hydrogen-bond acceptors (Lipinski definition) is 3. The average molecular weight is 382 g/mol. The van der Waals surface area contributed by atoms with Crippen LogP contribution in [0.15, 0.2) is 18.2 Å². The van der Waals surface area contributed by atoms with Gasteiger partial charge < -0.3 is 5.32 Å². The molecule has 0 spiro atoms. The Hall–Kier alpha value is -1.66. The van der Waals surface area contributed by atoms with Crippen molar-refractivity contribution in [3.05, 3.63) is 34.6 Å². The van der Waals surface area contributed by atoms with Crippen LogP contribution in [0.4, 0.5) is 9.18 Å². The molecule has 2 saturated carbocycles. The maximum atomic E-state index is 14.0. The smallest absolute Gasteiger partial charge is 0.321 e. The normalized spacial score (nSPS) is 18.0. The minimum absolute atomic E-state index is 0.0490. The Bertz CT molecular complexity index is 640. The highest BCUT2D eigenvalue weighted by molar-refractivity contribution is 6.31. The summed E-state index contributed by atoms with van der Waals surface area (Å²) >= 11 is 6.10. The maximum absolute atomic E-state index is 14.0. The zero-order chi connectivity index (χ0) is 18.5. The van der Waals surface area contributed by atoms with E-state index in [1.54, 1.807) is 12.1 Å². The minimum atomic E-state index is -0.443. The second kappa shape index (κ2) is 8.82. The van der Waals surface area contributed by atoms with Gasteiger partial charge in [-0.25, -0.2) is 9.18 Å². The number of imide groups is 1. The lowest BCUT2D eigenvalue weighted by atomic mass is 9.96. The molecule has 2 aliphatic rings. The van der Waals surface area contributed by atoms with Crippen molar-refractivity contribution in [1.29, 1.82) is 0 Å². The molecule has 0 aliphatic heterocycles. The second-order valence-corrected chi connectivity index (χ2v) is 7.60. The molecule has 0 unspecified atom stereocenters. The first kappa shape index (κ1) is 19.1. The third-order valence-electron chi connectivity index (χ3n) is 5.03. The van der Waals surface area contributed by atoms with Gasteiger partial charge in [-0.2, -0.15) is 0 Å². The van der Waals surface area contributed by atoms with Gasteiger partial charge in [-0.15, -0.1) is 0 Å². The highest BCUT2D eigenvalue weighted by Gasteiger charge is 2.31. The van der Waals surface area contributed by atoms with E-state index in [4.69, 9.17) is 11.6 Å². The number of nitrogens with one attached hydrogen (secondary N) is 2. The number of urea groups is 1. The Morgan fingerprint density at radius 3 is 2.54 bits per heavy atom. The summed E-state index contributed by atoms with van der Waals surface area (Å²) in [5.74, 6) is -0.753. The predicted octanol–water partition coefficient (Wildman–Crippen LogP) is 3.60. The van der Waals surface area contributed by atoms with Gasteiger partial charge in [0.2, 0.25) is 5.91 Å². The SMILES string of the molecule is O=C(CN(Cc1c(F)cccc1Cl)C1CC1)NC(=O)NC1CCCCC1. The van der Waals surface area contributed by atoms with Gasteiger partial charge in [0, 0.05) is 29.2 Å². The number of rotatable bonds is 6. The van der Waals surface area contributed by atoms with Crippen molar-refractivity contribution < 1.29 is 14.0 Å². The predicted molar refractivity (Wildman–Crippen MR) is 98.4 cm³/mol. The zero-order valence-corrected chi connectivity index (χ0v) is 15.5. The molecule has 3 amide bonds. The third-order valence-corrected chi connectivity index (χ3v) is 5.38. The summed E-state index contributed by atoms with van der Waals surface area (Å²) in [5, 5.41) is 5.62. The lowest BCUT2D eigenvalue weighted by Crippen LogP contribution is -2.48. The quantitative estimate of drug-likeness (QED) is 0.791. The fraction of sp³-hybridized carbons (Fsp3) is 0.579. The van der Waals surface area contributed by atoms with E-state index < -0.39 is 6.03 Å². The number of benzene rings is 1. The van der Waals surface area contributed by atoms with Crippen LogP contribution in [0.3, 0.4) is 0 Å². The van der Waals surface area contributed by atoms with Crippen molar-refractivity contribution in [1.82, 2.24) is 15.5 Å². The number of halogens is 2. The van der Waals surface area contributed by atoms with Gasteiger partial charge in [-0.1, -0.05) is 36.9 Å². The Balaban J connectivity index is 1.52. The molecular weight excluding hydrogens is 357 g/mol. The number of carbonyl (C=O) groups excluding carboxylic acids is 2. The van der Waals surface area contributed by atoms with E-state index in [1.165, 1.54) is 12.5 Å². The molecule has 0 heterocycles. The van der Waals surface area contributed by atoms with Crippen LogP contribution in [-0.4, -0.2) is 35.5 Å². The summed E-state index contributed by atoms with van der Waals surface area (Å²) in [6.07, 6.45) is 7.27. The van der Waals surface area contributed by atoms with E-state index in [2.05, 4.69) is 10.6 Å². The Kier molecular flexibility index (Phi) is 6.48. The molecule has 2 aliphatic carbocycles. The Morgan fingerprint density at radius 2 is 1.88 bits per heavy atom. The third kappa shape index (κ3) is 5.42. The van der Waals surface area contributed by atoms with Crippen LogP contribution in [0.1, 0.15) is 50.5 Å². The van der Waals surface area contributed by atoms with Crippen LogP contribution >= 0.6 is 11.6 Å². The van der Waals surface area contributed by atoms with E-state index in [0.29, 0.717) is 10.6 Å². The van der Waals surface area contributed by atoms with Gasteiger partial charge in [0.15, 0.2) is 0 Å². The van der Waals surface area contributed by atoms with Gasteiger partial charge in [0.25, 0.3) is 0 Å². The first-order chi connectivity index (χ1) is 12.5. The molecule has 5 nitrogen and oxygen atoms in total. The van der Waals surface area contributed by atoms with Gasteiger partial charge in [0.1, 0.15) is 5.82 Å².